The molecule has 1 heterocycles. The van der Waals surface area contributed by atoms with Gasteiger partial charge in [-0.05, 0) is 57.0 Å². The van der Waals surface area contributed by atoms with E-state index in [2.05, 4.69) is 0 Å². The quantitative estimate of drug-likeness (QED) is 0.503. The monoisotopic (exact) mass is 366 g/mol. The summed E-state index contributed by atoms with van der Waals surface area (Å²) in [5.41, 5.74) is 1.65. The van der Waals surface area contributed by atoms with E-state index < -0.39 is 11.6 Å². The SMILES string of the molecule is Cc1c(-c2ccccc2)c(=O)oc2ccc(OCC(=O)OC(C)(C)C)cc12. The topological polar surface area (TPSA) is 65.7 Å². The molecule has 0 N–H and O–H groups in total. The van der Waals surface area contributed by atoms with E-state index in [4.69, 9.17) is 13.9 Å². The number of aryl methyl sites for hydroxylation is 1. The lowest BCUT2D eigenvalue weighted by Gasteiger charge is -2.19. The number of carbonyl (C=O) groups excluding carboxylic acids is 1. The molecule has 0 saturated heterocycles. The number of hydrogen-bond acceptors (Lipinski definition) is 5. The Kier molecular flexibility index (Phi) is 5.04. The molecule has 0 bridgehead atoms. The average Bonchev–Trinajstić information content (AvgIpc) is 2.60. The molecule has 0 amide bonds. The number of hydrogen-bond donors (Lipinski definition) is 0. The van der Waals surface area contributed by atoms with Crippen LogP contribution in [-0.4, -0.2) is 18.2 Å². The van der Waals surface area contributed by atoms with Crippen molar-refractivity contribution in [3.63, 3.8) is 0 Å². The highest BCUT2D eigenvalue weighted by Gasteiger charge is 2.17. The van der Waals surface area contributed by atoms with Crippen LogP contribution in [-0.2, 0) is 9.53 Å². The van der Waals surface area contributed by atoms with Crippen LogP contribution in [0.25, 0.3) is 22.1 Å². The lowest BCUT2D eigenvalue weighted by Crippen LogP contribution is -2.27. The van der Waals surface area contributed by atoms with Crippen molar-refractivity contribution >= 4 is 16.9 Å². The zero-order valence-corrected chi connectivity index (χ0v) is 15.9. The van der Waals surface area contributed by atoms with Crippen molar-refractivity contribution in [2.24, 2.45) is 0 Å². The van der Waals surface area contributed by atoms with Gasteiger partial charge in [-0.25, -0.2) is 9.59 Å². The van der Waals surface area contributed by atoms with Crippen molar-refractivity contribution in [2.45, 2.75) is 33.3 Å². The fourth-order valence-corrected chi connectivity index (χ4v) is 2.87. The molecule has 0 fully saturated rings. The highest BCUT2D eigenvalue weighted by molar-refractivity contribution is 5.87. The summed E-state index contributed by atoms with van der Waals surface area (Å²) >= 11 is 0. The number of carbonyl (C=O) groups is 1. The van der Waals surface area contributed by atoms with Crippen molar-refractivity contribution < 1.29 is 18.7 Å². The molecular weight excluding hydrogens is 344 g/mol. The largest absolute Gasteiger partial charge is 0.482 e. The van der Waals surface area contributed by atoms with Gasteiger partial charge in [-0.15, -0.1) is 0 Å². The molecule has 0 atom stereocenters. The highest BCUT2D eigenvalue weighted by atomic mass is 16.6. The molecule has 5 nitrogen and oxygen atoms in total. The van der Waals surface area contributed by atoms with Crippen LogP contribution in [0.4, 0.5) is 0 Å². The first kappa shape index (κ1) is 18.7. The first-order valence-corrected chi connectivity index (χ1v) is 8.72. The van der Waals surface area contributed by atoms with Crippen molar-refractivity contribution in [3.05, 3.63) is 64.5 Å². The van der Waals surface area contributed by atoms with Crippen molar-refractivity contribution in [1.82, 2.24) is 0 Å². The number of benzene rings is 2. The second-order valence-corrected chi connectivity index (χ2v) is 7.29. The number of rotatable bonds is 4. The molecule has 0 aliphatic rings. The third kappa shape index (κ3) is 4.37. The van der Waals surface area contributed by atoms with E-state index in [-0.39, 0.29) is 12.2 Å². The van der Waals surface area contributed by atoms with Gasteiger partial charge in [-0.2, -0.15) is 0 Å². The Bertz CT molecular complexity index is 1030. The van der Waals surface area contributed by atoms with Crippen molar-refractivity contribution in [2.75, 3.05) is 6.61 Å². The van der Waals surface area contributed by atoms with Gasteiger partial charge < -0.3 is 13.9 Å². The molecule has 3 aromatic rings. The first-order valence-electron chi connectivity index (χ1n) is 8.72. The van der Waals surface area contributed by atoms with E-state index in [9.17, 15) is 9.59 Å². The van der Waals surface area contributed by atoms with Crippen LogP contribution in [0.5, 0.6) is 5.75 Å². The Balaban J connectivity index is 1.93. The summed E-state index contributed by atoms with van der Waals surface area (Å²) in [6, 6.07) is 14.5. The van der Waals surface area contributed by atoms with E-state index >= 15 is 0 Å². The third-order valence-corrected chi connectivity index (χ3v) is 3.98. The van der Waals surface area contributed by atoms with Gasteiger partial charge >= 0.3 is 11.6 Å². The molecule has 0 unspecified atom stereocenters. The zero-order chi connectivity index (χ0) is 19.6. The van der Waals surface area contributed by atoms with Crippen molar-refractivity contribution in [3.8, 4) is 16.9 Å². The van der Waals surface area contributed by atoms with E-state index in [0.29, 0.717) is 16.9 Å². The third-order valence-electron chi connectivity index (χ3n) is 3.98. The summed E-state index contributed by atoms with van der Waals surface area (Å²) in [6.07, 6.45) is 0. The Labute approximate surface area is 157 Å². The molecule has 0 spiro atoms. The smallest absolute Gasteiger partial charge is 0.344 e. The second-order valence-electron chi connectivity index (χ2n) is 7.29. The zero-order valence-electron chi connectivity index (χ0n) is 15.9. The van der Waals surface area contributed by atoms with Gasteiger partial charge in [0.05, 0.1) is 5.56 Å². The van der Waals surface area contributed by atoms with Crippen LogP contribution in [0, 0.1) is 6.92 Å². The Morgan fingerprint density at radius 2 is 1.78 bits per heavy atom. The Morgan fingerprint density at radius 3 is 2.44 bits per heavy atom. The summed E-state index contributed by atoms with van der Waals surface area (Å²) in [7, 11) is 0. The lowest BCUT2D eigenvalue weighted by atomic mass is 9.99. The number of esters is 1. The van der Waals surface area contributed by atoms with Gasteiger partial charge in [0.2, 0.25) is 0 Å². The molecule has 1 aromatic heterocycles. The fourth-order valence-electron chi connectivity index (χ4n) is 2.87. The van der Waals surface area contributed by atoms with Gasteiger partial charge in [0.25, 0.3) is 0 Å². The van der Waals surface area contributed by atoms with Gasteiger partial charge in [0.15, 0.2) is 6.61 Å². The lowest BCUT2D eigenvalue weighted by molar-refractivity contribution is -0.157. The summed E-state index contributed by atoms with van der Waals surface area (Å²) in [5, 5.41) is 0.759. The molecule has 5 heteroatoms. The van der Waals surface area contributed by atoms with E-state index in [1.807, 2.05) is 37.3 Å². The fraction of sp³-hybridized carbons (Fsp3) is 0.273. The summed E-state index contributed by atoms with van der Waals surface area (Å²) in [5.74, 6) is 0.0632. The van der Waals surface area contributed by atoms with Crippen LogP contribution in [0.1, 0.15) is 26.3 Å². The molecular formula is C22H22O5. The molecule has 0 saturated carbocycles. The molecule has 2 aromatic carbocycles. The second kappa shape index (κ2) is 7.27. The summed E-state index contributed by atoms with van der Waals surface area (Å²) < 4.78 is 16.3. The number of fused-ring (bicyclic) bond motifs is 1. The highest BCUT2D eigenvalue weighted by Crippen LogP contribution is 2.29. The molecule has 0 radical (unpaired) electrons. The van der Waals surface area contributed by atoms with Gasteiger partial charge in [-0.1, -0.05) is 30.3 Å². The van der Waals surface area contributed by atoms with Crippen LogP contribution in [0.15, 0.2) is 57.7 Å². The maximum atomic E-state index is 12.4. The first-order chi connectivity index (χ1) is 12.7. The molecule has 27 heavy (non-hydrogen) atoms. The molecule has 0 aliphatic heterocycles. The predicted octanol–water partition coefficient (Wildman–Crippen LogP) is 4.49. The van der Waals surface area contributed by atoms with E-state index in [1.54, 1.807) is 39.0 Å². The molecule has 0 aliphatic carbocycles. The minimum Gasteiger partial charge on any atom is -0.482 e. The predicted molar refractivity (Wildman–Crippen MR) is 104 cm³/mol. The van der Waals surface area contributed by atoms with Crippen molar-refractivity contribution in [1.29, 1.82) is 0 Å². The summed E-state index contributed by atoms with van der Waals surface area (Å²) in [4.78, 5) is 24.3. The minimum atomic E-state index is -0.561. The summed E-state index contributed by atoms with van der Waals surface area (Å²) in [6.45, 7) is 7.09. The van der Waals surface area contributed by atoms with Gasteiger partial charge in [0, 0.05) is 5.39 Å². The Hall–Kier alpha value is -3.08. The maximum Gasteiger partial charge on any atom is 0.344 e. The van der Waals surface area contributed by atoms with E-state index in [1.165, 1.54) is 0 Å². The normalized spacial score (nSPS) is 11.4. The standard InChI is InChI=1S/C22H22O5/c1-14-17-12-16(25-13-19(23)27-22(2,3)4)10-11-18(17)26-21(24)20(14)15-8-6-5-7-9-15/h5-12H,13H2,1-4H3. The minimum absolute atomic E-state index is 0.190. The van der Waals surface area contributed by atoms with E-state index in [0.717, 1.165) is 16.5 Å². The van der Waals surface area contributed by atoms with Crippen LogP contribution in [0.3, 0.4) is 0 Å². The number of ether oxygens (including phenoxy) is 2. The Morgan fingerprint density at radius 1 is 1.07 bits per heavy atom. The van der Waals surface area contributed by atoms with Gasteiger partial charge in [-0.3, -0.25) is 0 Å². The van der Waals surface area contributed by atoms with Gasteiger partial charge in [0.1, 0.15) is 16.9 Å². The molecule has 3 rings (SSSR count). The molecule has 140 valence electrons. The van der Waals surface area contributed by atoms with Crippen LogP contribution in [0.2, 0.25) is 0 Å². The van der Waals surface area contributed by atoms with Crippen LogP contribution < -0.4 is 10.4 Å². The maximum absolute atomic E-state index is 12.4. The average molecular weight is 366 g/mol. The van der Waals surface area contributed by atoms with Crippen LogP contribution >= 0.6 is 0 Å².